The number of para-hydroxylation sites is 2. The van der Waals surface area contributed by atoms with Crippen molar-refractivity contribution < 1.29 is 13.6 Å². The Labute approximate surface area is 162 Å². The summed E-state index contributed by atoms with van der Waals surface area (Å²) in [6, 6.07) is 19.4. The van der Waals surface area contributed by atoms with Gasteiger partial charge in [0, 0.05) is 25.2 Å². The summed E-state index contributed by atoms with van der Waals surface area (Å²) in [6.07, 6.45) is 3.70. The van der Waals surface area contributed by atoms with E-state index in [1.807, 2.05) is 36.4 Å². The second-order valence-corrected chi connectivity index (χ2v) is 8.76. The van der Waals surface area contributed by atoms with E-state index < -0.39 is 7.75 Å². The molecule has 3 rings (SSSR count). The van der Waals surface area contributed by atoms with Crippen LogP contribution in [-0.4, -0.2) is 30.1 Å². The molecular weight excluding hydrogens is 359 g/mol. The van der Waals surface area contributed by atoms with E-state index in [1.54, 1.807) is 24.3 Å². The molecule has 1 fully saturated rings. The molecule has 146 valence electrons. The van der Waals surface area contributed by atoms with Crippen LogP contribution in [0.2, 0.25) is 0 Å². The number of nitrogens with one attached hydrogen (secondary N) is 1. The number of benzene rings is 2. The predicted octanol–water partition coefficient (Wildman–Crippen LogP) is 5.11. The van der Waals surface area contributed by atoms with Crippen molar-refractivity contribution in [3.63, 3.8) is 0 Å². The fraction of sp³-hybridized carbons (Fsp3) is 0.429. The van der Waals surface area contributed by atoms with Crippen molar-refractivity contribution >= 4 is 7.75 Å². The van der Waals surface area contributed by atoms with E-state index in [2.05, 4.69) is 23.8 Å². The van der Waals surface area contributed by atoms with Crippen molar-refractivity contribution in [1.29, 1.82) is 0 Å². The highest BCUT2D eigenvalue weighted by molar-refractivity contribution is 7.52. The lowest BCUT2D eigenvalue weighted by Gasteiger charge is -2.39. The maximum absolute atomic E-state index is 13.4. The van der Waals surface area contributed by atoms with Crippen molar-refractivity contribution in [1.82, 2.24) is 9.99 Å². The van der Waals surface area contributed by atoms with Crippen LogP contribution >= 0.6 is 7.75 Å². The van der Waals surface area contributed by atoms with Crippen LogP contribution in [-0.2, 0) is 4.57 Å². The molecule has 2 aromatic rings. The van der Waals surface area contributed by atoms with Crippen LogP contribution in [0.25, 0.3) is 0 Å². The van der Waals surface area contributed by atoms with Gasteiger partial charge >= 0.3 is 7.75 Å². The van der Waals surface area contributed by atoms with Gasteiger partial charge in [-0.1, -0.05) is 42.8 Å². The van der Waals surface area contributed by atoms with Gasteiger partial charge in [0.05, 0.1) is 0 Å². The Hall–Kier alpha value is -1.81. The molecular formula is C21H29N2O3P. The van der Waals surface area contributed by atoms with Crippen LogP contribution in [0.1, 0.15) is 33.1 Å². The third-order valence-corrected chi connectivity index (χ3v) is 6.50. The van der Waals surface area contributed by atoms with Crippen LogP contribution in [0.15, 0.2) is 60.7 Å². The van der Waals surface area contributed by atoms with E-state index in [9.17, 15) is 4.57 Å². The van der Waals surface area contributed by atoms with Gasteiger partial charge in [-0.25, -0.2) is 4.57 Å². The number of hydrogen-bond acceptors (Lipinski definition) is 4. The lowest BCUT2D eigenvalue weighted by molar-refractivity contribution is 0.106. The molecule has 0 bridgehead atoms. The van der Waals surface area contributed by atoms with Gasteiger partial charge in [0.25, 0.3) is 0 Å². The standard InChI is InChI=1S/C21H29N2O3P/c1-18-10-9-11-19(2)23(18)17-16-22-27(24,25-20-12-5-3-6-13-20)26-21-14-7-4-8-15-21/h3-8,12-15,18-19H,9-11,16-17H2,1-2H3,(H,22,24)/t18-,19-/m1/s1. The highest BCUT2D eigenvalue weighted by atomic mass is 31.2. The number of nitrogens with zero attached hydrogens (tertiary/aromatic N) is 1. The van der Waals surface area contributed by atoms with Gasteiger partial charge in [-0.3, -0.25) is 4.90 Å². The Morgan fingerprint density at radius 1 is 0.926 bits per heavy atom. The molecule has 0 spiro atoms. The van der Waals surface area contributed by atoms with E-state index in [4.69, 9.17) is 9.05 Å². The number of piperidine rings is 1. The molecule has 0 unspecified atom stereocenters. The highest BCUT2D eigenvalue weighted by Gasteiger charge is 2.30. The van der Waals surface area contributed by atoms with Crippen LogP contribution in [0.3, 0.4) is 0 Å². The Bertz CT molecular complexity index is 686. The molecule has 1 aliphatic rings. The van der Waals surface area contributed by atoms with Crippen molar-refractivity contribution in [2.45, 2.75) is 45.2 Å². The van der Waals surface area contributed by atoms with Crippen molar-refractivity contribution in [2.75, 3.05) is 13.1 Å². The number of hydrogen-bond donors (Lipinski definition) is 1. The van der Waals surface area contributed by atoms with Crippen LogP contribution in [0.5, 0.6) is 11.5 Å². The molecule has 0 aromatic heterocycles. The molecule has 1 saturated heterocycles. The van der Waals surface area contributed by atoms with E-state index >= 15 is 0 Å². The maximum Gasteiger partial charge on any atom is 0.512 e. The van der Waals surface area contributed by atoms with Gasteiger partial charge in [-0.05, 0) is 51.0 Å². The van der Waals surface area contributed by atoms with Crippen molar-refractivity contribution in [3.05, 3.63) is 60.7 Å². The van der Waals surface area contributed by atoms with Crippen LogP contribution in [0, 0.1) is 0 Å². The van der Waals surface area contributed by atoms with E-state index in [1.165, 1.54) is 19.3 Å². The fourth-order valence-corrected chi connectivity index (χ4v) is 4.89. The van der Waals surface area contributed by atoms with Gasteiger partial charge in [-0.15, -0.1) is 0 Å². The molecule has 6 heteroatoms. The summed E-state index contributed by atoms with van der Waals surface area (Å²) in [7, 11) is -3.55. The molecule has 0 radical (unpaired) electrons. The van der Waals surface area contributed by atoms with Gasteiger partial charge in [0.2, 0.25) is 0 Å². The normalized spacial score (nSPS) is 21.0. The third-order valence-electron chi connectivity index (χ3n) is 4.99. The first-order chi connectivity index (χ1) is 13.1. The second kappa shape index (κ2) is 9.41. The van der Waals surface area contributed by atoms with Crippen LogP contribution < -0.4 is 14.1 Å². The minimum atomic E-state index is -3.55. The lowest BCUT2D eigenvalue weighted by atomic mass is 9.98. The summed E-state index contributed by atoms with van der Waals surface area (Å²) >= 11 is 0. The Morgan fingerprint density at radius 2 is 1.41 bits per heavy atom. The minimum Gasteiger partial charge on any atom is -0.405 e. The first-order valence-corrected chi connectivity index (χ1v) is 11.2. The minimum absolute atomic E-state index is 0.518. The number of likely N-dealkylation sites (tertiary alicyclic amines) is 1. The van der Waals surface area contributed by atoms with Gasteiger partial charge < -0.3 is 9.05 Å². The zero-order chi connectivity index (χ0) is 19.1. The van der Waals surface area contributed by atoms with E-state index in [-0.39, 0.29) is 0 Å². The molecule has 1 heterocycles. The summed E-state index contributed by atoms with van der Waals surface area (Å²) in [4.78, 5) is 2.46. The first kappa shape index (κ1) is 19.9. The van der Waals surface area contributed by atoms with Crippen molar-refractivity contribution in [2.24, 2.45) is 0 Å². The molecule has 0 aliphatic carbocycles. The molecule has 5 nitrogen and oxygen atoms in total. The Kier molecular flexibility index (Phi) is 6.95. The average Bonchev–Trinajstić information content (AvgIpc) is 2.66. The Balaban J connectivity index is 1.66. The topological polar surface area (TPSA) is 50.8 Å². The zero-order valence-corrected chi connectivity index (χ0v) is 17.0. The fourth-order valence-electron chi connectivity index (χ4n) is 3.55. The summed E-state index contributed by atoms with van der Waals surface area (Å²) in [5, 5.41) is 3.05. The van der Waals surface area contributed by atoms with Crippen molar-refractivity contribution in [3.8, 4) is 11.5 Å². The molecule has 0 saturated carbocycles. The molecule has 2 atom stereocenters. The van der Waals surface area contributed by atoms with Gasteiger partial charge in [-0.2, -0.15) is 5.09 Å². The van der Waals surface area contributed by atoms with E-state index in [0.717, 1.165) is 6.54 Å². The summed E-state index contributed by atoms with van der Waals surface area (Å²) < 4.78 is 24.9. The number of rotatable bonds is 8. The van der Waals surface area contributed by atoms with Gasteiger partial charge in [0.1, 0.15) is 11.5 Å². The van der Waals surface area contributed by atoms with Crippen LogP contribution in [0.4, 0.5) is 0 Å². The smallest absolute Gasteiger partial charge is 0.405 e. The van der Waals surface area contributed by atoms with Gasteiger partial charge in [0.15, 0.2) is 0 Å². The lowest BCUT2D eigenvalue weighted by Crippen LogP contribution is -2.46. The monoisotopic (exact) mass is 388 g/mol. The summed E-state index contributed by atoms with van der Waals surface area (Å²) in [5.74, 6) is 1.04. The SMILES string of the molecule is C[C@@H]1CCC[C@@H](C)N1CCNP(=O)(Oc1ccccc1)Oc1ccccc1. The first-order valence-electron chi connectivity index (χ1n) is 9.66. The predicted molar refractivity (Wildman–Crippen MR) is 109 cm³/mol. The molecule has 2 aromatic carbocycles. The average molecular weight is 388 g/mol. The molecule has 0 amide bonds. The second-order valence-electron chi connectivity index (χ2n) is 7.08. The third kappa shape index (κ3) is 5.83. The zero-order valence-electron chi connectivity index (χ0n) is 16.1. The Morgan fingerprint density at radius 3 is 1.89 bits per heavy atom. The summed E-state index contributed by atoms with van der Waals surface area (Å²) in [6.45, 7) is 5.86. The summed E-state index contributed by atoms with van der Waals surface area (Å²) in [5.41, 5.74) is 0. The highest BCUT2D eigenvalue weighted by Crippen LogP contribution is 2.44. The molecule has 1 aliphatic heterocycles. The molecule has 1 N–H and O–H groups in total. The van der Waals surface area contributed by atoms with E-state index in [0.29, 0.717) is 30.1 Å². The maximum atomic E-state index is 13.4. The largest absolute Gasteiger partial charge is 0.512 e. The quantitative estimate of drug-likeness (QED) is 0.637. The molecule has 27 heavy (non-hydrogen) atoms.